The molecule has 2 fully saturated rings. The van der Waals surface area contributed by atoms with Gasteiger partial charge in [0.05, 0.1) is 12.1 Å². The van der Waals surface area contributed by atoms with E-state index in [4.69, 9.17) is 13.9 Å². The second-order valence-electron chi connectivity index (χ2n) is 5.73. The van der Waals surface area contributed by atoms with Gasteiger partial charge in [0, 0.05) is 25.9 Å². The van der Waals surface area contributed by atoms with E-state index in [0.717, 1.165) is 63.6 Å². The van der Waals surface area contributed by atoms with Crippen molar-refractivity contribution >= 4 is 0 Å². The van der Waals surface area contributed by atoms with Crippen LogP contribution in [0.2, 0.25) is 0 Å². The van der Waals surface area contributed by atoms with Crippen LogP contribution in [0.1, 0.15) is 37.2 Å². The molecule has 3 heterocycles. The van der Waals surface area contributed by atoms with E-state index in [1.165, 1.54) is 0 Å². The van der Waals surface area contributed by atoms with Crippen molar-refractivity contribution in [3.05, 3.63) is 23.7 Å². The van der Waals surface area contributed by atoms with Gasteiger partial charge in [-0.25, -0.2) is 0 Å². The predicted molar refractivity (Wildman–Crippen MR) is 72.0 cm³/mol. The van der Waals surface area contributed by atoms with Crippen LogP contribution in [0.4, 0.5) is 0 Å². The van der Waals surface area contributed by atoms with Crippen molar-refractivity contribution in [3.63, 3.8) is 0 Å². The molecule has 19 heavy (non-hydrogen) atoms. The molecule has 0 amide bonds. The molecule has 2 aliphatic rings. The highest BCUT2D eigenvalue weighted by Crippen LogP contribution is 2.34. The molecule has 0 aliphatic carbocycles. The summed E-state index contributed by atoms with van der Waals surface area (Å²) in [4.78, 5) is 0. The zero-order chi connectivity index (χ0) is 13.1. The summed E-state index contributed by atoms with van der Waals surface area (Å²) < 4.78 is 17.1. The van der Waals surface area contributed by atoms with Gasteiger partial charge < -0.3 is 19.2 Å². The lowest BCUT2D eigenvalue weighted by molar-refractivity contribution is -0.140. The van der Waals surface area contributed by atoms with Gasteiger partial charge in [-0.1, -0.05) is 0 Å². The summed E-state index contributed by atoms with van der Waals surface area (Å²) in [6.45, 7) is 5.32. The molecule has 0 radical (unpaired) electrons. The molecule has 0 bridgehead atoms. The summed E-state index contributed by atoms with van der Waals surface area (Å²) >= 11 is 0. The van der Waals surface area contributed by atoms with Gasteiger partial charge >= 0.3 is 0 Å². The molecule has 1 aromatic rings. The average Bonchev–Trinajstić information content (AvgIpc) is 2.83. The number of aryl methyl sites for hydroxylation is 1. The van der Waals surface area contributed by atoms with E-state index in [9.17, 15) is 0 Å². The van der Waals surface area contributed by atoms with Gasteiger partial charge in [0.15, 0.2) is 0 Å². The van der Waals surface area contributed by atoms with E-state index in [-0.39, 0.29) is 5.60 Å². The third-order valence-electron chi connectivity index (χ3n) is 4.26. The molecular formula is C15H23NO3. The number of furan rings is 1. The number of hydrogen-bond acceptors (Lipinski definition) is 4. The molecule has 1 atom stereocenters. The summed E-state index contributed by atoms with van der Waals surface area (Å²) in [5.74, 6) is 2.00. The van der Waals surface area contributed by atoms with Crippen LogP contribution in [0.15, 0.2) is 16.5 Å². The van der Waals surface area contributed by atoms with E-state index in [1.54, 1.807) is 0 Å². The molecule has 3 rings (SSSR count). The van der Waals surface area contributed by atoms with Crippen LogP contribution < -0.4 is 5.32 Å². The quantitative estimate of drug-likeness (QED) is 0.911. The van der Waals surface area contributed by atoms with Crippen LogP contribution >= 0.6 is 0 Å². The molecule has 106 valence electrons. The molecule has 2 saturated heterocycles. The summed E-state index contributed by atoms with van der Waals surface area (Å²) in [6.07, 6.45) is 4.24. The molecule has 0 saturated carbocycles. The number of nitrogens with one attached hydrogen (secondary N) is 1. The summed E-state index contributed by atoms with van der Waals surface area (Å²) in [7, 11) is 0. The van der Waals surface area contributed by atoms with E-state index >= 15 is 0 Å². The van der Waals surface area contributed by atoms with Gasteiger partial charge in [0.25, 0.3) is 0 Å². The Hall–Kier alpha value is -0.840. The van der Waals surface area contributed by atoms with Gasteiger partial charge in [0.1, 0.15) is 11.5 Å². The maximum absolute atomic E-state index is 6.05. The first-order valence-electron chi connectivity index (χ1n) is 7.26. The minimum Gasteiger partial charge on any atom is -0.465 e. The van der Waals surface area contributed by atoms with Crippen molar-refractivity contribution in [2.24, 2.45) is 0 Å². The van der Waals surface area contributed by atoms with Crippen molar-refractivity contribution in [3.8, 4) is 0 Å². The third kappa shape index (κ3) is 3.19. The fourth-order valence-corrected chi connectivity index (χ4v) is 3.12. The highest BCUT2D eigenvalue weighted by Gasteiger charge is 2.38. The fraction of sp³-hybridized carbons (Fsp3) is 0.733. The predicted octanol–water partition coefficient (Wildman–Crippen LogP) is 2.41. The van der Waals surface area contributed by atoms with Gasteiger partial charge in [-0.15, -0.1) is 0 Å². The zero-order valence-electron chi connectivity index (χ0n) is 11.6. The van der Waals surface area contributed by atoms with Crippen molar-refractivity contribution in [1.29, 1.82) is 0 Å². The largest absolute Gasteiger partial charge is 0.465 e. The molecule has 0 aromatic carbocycles. The van der Waals surface area contributed by atoms with Crippen LogP contribution in [0.3, 0.4) is 0 Å². The SMILES string of the molecule is Cc1ccc(CN[C@H]2CCOC3(CCOCC3)C2)o1. The molecule has 0 unspecified atom stereocenters. The third-order valence-corrected chi connectivity index (χ3v) is 4.26. The monoisotopic (exact) mass is 265 g/mol. The summed E-state index contributed by atoms with van der Waals surface area (Å²) in [6, 6.07) is 4.59. The standard InChI is InChI=1S/C15H23NO3/c1-12-2-3-14(19-12)11-16-13-4-7-18-15(10-13)5-8-17-9-6-15/h2-3,13,16H,4-11H2,1H3/t13-/m0/s1. The molecule has 1 aromatic heterocycles. The van der Waals surface area contributed by atoms with Crippen LogP contribution in [0.25, 0.3) is 0 Å². The smallest absolute Gasteiger partial charge is 0.117 e. The minimum absolute atomic E-state index is 0.0627. The Kier molecular flexibility index (Phi) is 3.91. The lowest BCUT2D eigenvalue weighted by Crippen LogP contribution is -2.49. The highest BCUT2D eigenvalue weighted by atomic mass is 16.5. The van der Waals surface area contributed by atoms with Gasteiger partial charge in [-0.05, 0) is 44.7 Å². The van der Waals surface area contributed by atoms with E-state index in [1.807, 2.05) is 19.1 Å². The number of hydrogen-bond donors (Lipinski definition) is 1. The average molecular weight is 265 g/mol. The molecule has 2 aliphatic heterocycles. The fourth-order valence-electron chi connectivity index (χ4n) is 3.12. The lowest BCUT2D eigenvalue weighted by atomic mass is 9.84. The van der Waals surface area contributed by atoms with Gasteiger partial charge in [-0.3, -0.25) is 0 Å². The van der Waals surface area contributed by atoms with Crippen molar-refractivity contribution < 1.29 is 13.9 Å². The minimum atomic E-state index is 0.0627. The second-order valence-corrected chi connectivity index (χ2v) is 5.73. The Morgan fingerprint density at radius 2 is 2.11 bits per heavy atom. The maximum atomic E-state index is 6.05. The molecule has 1 N–H and O–H groups in total. The van der Waals surface area contributed by atoms with E-state index < -0.39 is 0 Å². The van der Waals surface area contributed by atoms with E-state index in [2.05, 4.69) is 5.32 Å². The highest BCUT2D eigenvalue weighted by molar-refractivity contribution is 5.05. The summed E-state index contributed by atoms with van der Waals surface area (Å²) in [5.41, 5.74) is 0.0627. The van der Waals surface area contributed by atoms with Crippen molar-refractivity contribution in [2.75, 3.05) is 19.8 Å². The zero-order valence-corrected chi connectivity index (χ0v) is 11.6. The first-order valence-corrected chi connectivity index (χ1v) is 7.26. The molecule has 4 nitrogen and oxygen atoms in total. The van der Waals surface area contributed by atoms with Crippen molar-refractivity contribution in [2.45, 2.75) is 50.8 Å². The lowest BCUT2D eigenvalue weighted by Gasteiger charge is -2.43. The van der Waals surface area contributed by atoms with Crippen LogP contribution in [0, 0.1) is 6.92 Å². The van der Waals surface area contributed by atoms with Gasteiger partial charge in [-0.2, -0.15) is 0 Å². The molecular weight excluding hydrogens is 242 g/mol. The Morgan fingerprint density at radius 3 is 2.84 bits per heavy atom. The second kappa shape index (κ2) is 5.65. The topological polar surface area (TPSA) is 43.6 Å². The maximum Gasteiger partial charge on any atom is 0.117 e. The Balaban J connectivity index is 1.53. The van der Waals surface area contributed by atoms with Gasteiger partial charge in [0.2, 0.25) is 0 Å². The Labute approximate surface area is 114 Å². The van der Waals surface area contributed by atoms with Crippen molar-refractivity contribution in [1.82, 2.24) is 5.32 Å². The first-order chi connectivity index (χ1) is 9.26. The molecule has 4 heteroatoms. The molecule has 1 spiro atoms. The van der Waals surface area contributed by atoms with E-state index in [0.29, 0.717) is 6.04 Å². The summed E-state index contributed by atoms with van der Waals surface area (Å²) in [5, 5.41) is 3.61. The Morgan fingerprint density at radius 1 is 1.26 bits per heavy atom. The number of ether oxygens (including phenoxy) is 2. The van der Waals surface area contributed by atoms with Crippen LogP contribution in [-0.4, -0.2) is 31.5 Å². The normalized spacial score (nSPS) is 26.7. The number of rotatable bonds is 3. The van der Waals surface area contributed by atoms with Crippen LogP contribution in [-0.2, 0) is 16.0 Å². The Bertz CT molecular complexity index is 404. The van der Waals surface area contributed by atoms with Crippen LogP contribution in [0.5, 0.6) is 0 Å². The first kappa shape index (κ1) is 13.2.